The van der Waals surface area contributed by atoms with Crippen molar-refractivity contribution in [1.82, 2.24) is 0 Å². The van der Waals surface area contributed by atoms with Crippen LogP contribution in [0.2, 0.25) is 0 Å². The molecule has 0 radical (unpaired) electrons. The van der Waals surface area contributed by atoms with E-state index in [4.69, 9.17) is 10.6 Å². The van der Waals surface area contributed by atoms with Crippen LogP contribution in [0.4, 0.5) is 0 Å². The van der Waals surface area contributed by atoms with E-state index in [1.807, 2.05) is 0 Å². The van der Waals surface area contributed by atoms with E-state index in [1.165, 1.54) is 24.3 Å². The Hall–Kier alpha value is -1.31. The summed E-state index contributed by atoms with van der Waals surface area (Å²) in [5, 5.41) is 8.62. The third-order valence-corrected chi connectivity index (χ3v) is 1.09. The highest BCUT2D eigenvalue weighted by Crippen LogP contribution is 2.01. The molecule has 0 saturated heterocycles. The monoisotopic (exact) mass is 154 g/mol. The first-order valence-corrected chi connectivity index (χ1v) is 3.09. The fraction of sp³-hybridized carbons (Fsp3) is 0.222. The first kappa shape index (κ1) is 3.90. The molecule has 0 aliphatic heterocycles. The predicted molar refractivity (Wildman–Crippen MR) is 42.4 cm³/mol. The summed E-state index contributed by atoms with van der Waals surface area (Å²) in [5.74, 6) is -1.81. The van der Waals surface area contributed by atoms with Gasteiger partial charge in [0.25, 0.3) is 0 Å². The number of carboxylic acid groups (broad SMARTS) is 1. The van der Waals surface area contributed by atoms with Gasteiger partial charge in [-0.25, -0.2) is 0 Å². The average molecular weight is 154 g/mol. The first-order chi connectivity index (χ1) is 6.80. The maximum atomic E-state index is 10.6. The van der Waals surface area contributed by atoms with Crippen LogP contribution in [0.5, 0.6) is 0 Å². The number of hydrogen-bond donors (Lipinski definition) is 1. The largest absolute Gasteiger partial charge is 0.481 e. The van der Waals surface area contributed by atoms with Crippen LogP contribution in [0.25, 0.3) is 0 Å². The molecule has 0 spiro atoms. The van der Waals surface area contributed by atoms with Crippen molar-refractivity contribution in [2.75, 3.05) is 0 Å². The van der Waals surface area contributed by atoms with Gasteiger partial charge in [0.05, 0.1) is 0 Å². The van der Waals surface area contributed by atoms with Crippen molar-refractivity contribution in [3.63, 3.8) is 0 Å². The standard InChI is InChI=1S/C9H10O2/c10-9(11)7-6-8-4-2-1-3-5-8/h1-5H,6-7H2,(H,10,11)/i6D2,7D2. The maximum absolute atomic E-state index is 10.6. The first-order valence-electron chi connectivity index (χ1n) is 5.09. The van der Waals surface area contributed by atoms with E-state index >= 15 is 0 Å². The van der Waals surface area contributed by atoms with Gasteiger partial charge in [0.2, 0.25) is 0 Å². The Morgan fingerprint density at radius 2 is 2.09 bits per heavy atom. The summed E-state index contributed by atoms with van der Waals surface area (Å²) in [6, 6.07) is 7.44. The lowest BCUT2D eigenvalue weighted by molar-refractivity contribution is -0.136. The lowest BCUT2D eigenvalue weighted by Gasteiger charge is -1.95. The Kier molecular flexibility index (Phi) is 1.33. The van der Waals surface area contributed by atoms with E-state index in [1.54, 1.807) is 6.07 Å². The molecule has 0 bridgehead atoms. The second kappa shape index (κ2) is 3.76. The van der Waals surface area contributed by atoms with Gasteiger partial charge in [0.15, 0.2) is 0 Å². The Bertz CT molecular complexity index is 362. The second-order valence-corrected chi connectivity index (χ2v) is 1.92. The lowest BCUT2D eigenvalue weighted by Crippen LogP contribution is -1.96. The fourth-order valence-electron chi connectivity index (χ4n) is 0.647. The van der Waals surface area contributed by atoms with Crippen LogP contribution in [0, 0.1) is 0 Å². The van der Waals surface area contributed by atoms with Gasteiger partial charge in [-0.2, -0.15) is 0 Å². The summed E-state index contributed by atoms with van der Waals surface area (Å²) >= 11 is 0. The molecule has 1 rings (SSSR count). The van der Waals surface area contributed by atoms with Crippen LogP contribution in [0.15, 0.2) is 30.3 Å². The van der Waals surface area contributed by atoms with Gasteiger partial charge in [-0.1, -0.05) is 30.3 Å². The normalized spacial score (nSPS) is 17.5. The van der Waals surface area contributed by atoms with Crippen LogP contribution in [-0.2, 0) is 11.2 Å². The number of aliphatic carboxylic acids is 1. The maximum Gasteiger partial charge on any atom is 0.303 e. The van der Waals surface area contributed by atoms with Crippen LogP contribution >= 0.6 is 0 Å². The van der Waals surface area contributed by atoms with Crippen molar-refractivity contribution in [2.24, 2.45) is 0 Å². The van der Waals surface area contributed by atoms with E-state index in [2.05, 4.69) is 0 Å². The number of rotatable bonds is 3. The minimum absolute atomic E-state index is 0.0115. The summed E-state index contributed by atoms with van der Waals surface area (Å²) in [6.45, 7) is 0. The van der Waals surface area contributed by atoms with Gasteiger partial charge in [-0.3, -0.25) is 4.79 Å². The van der Waals surface area contributed by atoms with Gasteiger partial charge in [0.1, 0.15) is 0 Å². The molecule has 1 aromatic rings. The van der Waals surface area contributed by atoms with Gasteiger partial charge in [-0.15, -0.1) is 0 Å². The highest BCUT2D eigenvalue weighted by molar-refractivity contribution is 5.67. The topological polar surface area (TPSA) is 37.3 Å². The van der Waals surface area contributed by atoms with Crippen molar-refractivity contribution < 1.29 is 15.4 Å². The molecule has 58 valence electrons. The number of carboxylic acids is 1. The van der Waals surface area contributed by atoms with Crippen molar-refractivity contribution in [3.05, 3.63) is 35.9 Å². The van der Waals surface area contributed by atoms with Gasteiger partial charge in [-0.05, 0) is 11.9 Å². The van der Waals surface area contributed by atoms with Crippen molar-refractivity contribution in [2.45, 2.75) is 12.7 Å². The fourth-order valence-corrected chi connectivity index (χ4v) is 0.647. The van der Waals surface area contributed by atoms with E-state index in [-0.39, 0.29) is 5.56 Å². The number of hydrogen-bond acceptors (Lipinski definition) is 1. The van der Waals surface area contributed by atoms with E-state index < -0.39 is 18.7 Å². The summed E-state index contributed by atoms with van der Waals surface area (Å²) < 4.78 is 29.4. The second-order valence-electron chi connectivity index (χ2n) is 1.92. The molecule has 0 amide bonds. The van der Waals surface area contributed by atoms with E-state index in [0.717, 1.165) is 0 Å². The smallest absolute Gasteiger partial charge is 0.303 e. The highest BCUT2D eigenvalue weighted by atomic mass is 16.4. The summed E-state index contributed by atoms with van der Waals surface area (Å²) in [4.78, 5) is 10.6. The summed E-state index contributed by atoms with van der Waals surface area (Å²) in [6.07, 6.45) is -5.51. The van der Waals surface area contributed by atoms with E-state index in [0.29, 0.717) is 0 Å². The molecule has 1 N–H and O–H groups in total. The van der Waals surface area contributed by atoms with Crippen LogP contribution in [0.1, 0.15) is 17.4 Å². The van der Waals surface area contributed by atoms with Crippen LogP contribution < -0.4 is 0 Å². The third-order valence-electron chi connectivity index (χ3n) is 1.09. The number of benzene rings is 1. The quantitative estimate of drug-likeness (QED) is 0.719. The zero-order valence-electron chi connectivity index (χ0n) is 9.74. The molecule has 0 aliphatic carbocycles. The number of carbonyl (C=O) groups is 1. The summed E-state index contributed by atoms with van der Waals surface area (Å²) in [5.41, 5.74) is 0.0115. The lowest BCUT2D eigenvalue weighted by atomic mass is 10.1. The predicted octanol–water partition coefficient (Wildman–Crippen LogP) is 1.70. The Morgan fingerprint density at radius 3 is 2.64 bits per heavy atom. The van der Waals surface area contributed by atoms with Gasteiger partial charge < -0.3 is 5.11 Å². The van der Waals surface area contributed by atoms with E-state index in [9.17, 15) is 4.79 Å². The van der Waals surface area contributed by atoms with Crippen molar-refractivity contribution in [3.8, 4) is 0 Å². The molecule has 1 aromatic carbocycles. The number of aryl methyl sites for hydroxylation is 1. The molecular formula is C9H10O2. The Labute approximate surface area is 71.1 Å². The molecule has 11 heavy (non-hydrogen) atoms. The Morgan fingerprint density at radius 1 is 1.45 bits per heavy atom. The summed E-state index contributed by atoms with van der Waals surface area (Å²) in [7, 11) is 0. The molecule has 0 heterocycles. The molecule has 0 fully saturated rings. The minimum atomic E-state index is -2.95. The Balaban J connectivity index is 3.19. The zero-order chi connectivity index (χ0) is 11.7. The minimum Gasteiger partial charge on any atom is -0.481 e. The SMILES string of the molecule is [2H]C([2H])(C(=O)O)C([2H])([2H])c1ccccc1. The highest BCUT2D eigenvalue weighted by Gasteiger charge is 1.96. The zero-order valence-corrected chi connectivity index (χ0v) is 5.74. The molecular weight excluding hydrogens is 140 g/mol. The van der Waals surface area contributed by atoms with Crippen LogP contribution in [0.3, 0.4) is 0 Å². The van der Waals surface area contributed by atoms with Crippen LogP contribution in [-0.4, -0.2) is 11.1 Å². The molecule has 0 saturated carbocycles. The van der Waals surface area contributed by atoms with Crippen molar-refractivity contribution >= 4 is 5.97 Å². The molecule has 2 nitrogen and oxygen atoms in total. The van der Waals surface area contributed by atoms with Crippen molar-refractivity contribution in [1.29, 1.82) is 0 Å². The average Bonchev–Trinajstić information content (AvgIpc) is 2.18. The molecule has 0 unspecified atom stereocenters. The molecule has 0 aromatic heterocycles. The van der Waals surface area contributed by atoms with Gasteiger partial charge in [0, 0.05) is 11.9 Å². The molecule has 0 atom stereocenters. The molecule has 2 heteroatoms. The molecule has 0 aliphatic rings. The third kappa shape index (κ3) is 2.85. The van der Waals surface area contributed by atoms with Gasteiger partial charge >= 0.3 is 5.97 Å².